The molecule has 0 aliphatic carbocycles. The number of fused-ring (bicyclic) bond motifs is 1. The van der Waals surface area contributed by atoms with Gasteiger partial charge in [-0.2, -0.15) is 0 Å². The Bertz CT molecular complexity index is 277. The van der Waals surface area contributed by atoms with Crippen LogP contribution in [0.1, 0.15) is 0 Å². The number of anilines is 1. The molecule has 0 saturated carbocycles. The van der Waals surface area contributed by atoms with Gasteiger partial charge in [-0.05, 0) is 12.1 Å². The number of hydrogen-bond donors (Lipinski definition) is 1. The van der Waals surface area contributed by atoms with Gasteiger partial charge in [0.05, 0.1) is 28.6 Å². The Hall–Kier alpha value is -0.650. The van der Waals surface area contributed by atoms with Crippen molar-refractivity contribution in [2.45, 2.75) is 0 Å². The maximum Gasteiger partial charge on any atom is 0.231 e. The Morgan fingerprint density at radius 2 is 2.27 bits per heavy atom. The van der Waals surface area contributed by atoms with E-state index >= 15 is 0 Å². The van der Waals surface area contributed by atoms with Crippen LogP contribution >= 0.6 is 22.9 Å². The van der Waals surface area contributed by atoms with E-state index in [0.29, 0.717) is 6.79 Å². The third-order valence-corrected chi connectivity index (χ3v) is 2.08. The third-order valence-electron chi connectivity index (χ3n) is 1.50. The summed E-state index contributed by atoms with van der Waals surface area (Å²) in [6.45, 7) is 0.324. The first-order chi connectivity index (χ1) is 5.42. The summed E-state index contributed by atoms with van der Waals surface area (Å²) in [5, 5.41) is 0. The monoisotopic (exact) mass is 263 g/mol. The minimum atomic E-state index is 0.324. The molecule has 0 unspecified atom stereocenters. The maximum absolute atomic E-state index is 5.23. The summed E-state index contributed by atoms with van der Waals surface area (Å²) in [5.74, 6) is 1.62. The highest BCUT2D eigenvalue weighted by Crippen LogP contribution is 2.39. The van der Waals surface area contributed by atoms with E-state index in [1.165, 1.54) is 0 Å². The lowest BCUT2D eigenvalue weighted by molar-refractivity contribution is 0.174. The van der Waals surface area contributed by atoms with Gasteiger partial charge in [0.25, 0.3) is 0 Å². The van der Waals surface area contributed by atoms with Crippen molar-refractivity contribution in [2.24, 2.45) is 0 Å². The predicted octanol–water partition coefficient (Wildman–Crippen LogP) is 2.18. The molecule has 1 heterocycles. The van der Waals surface area contributed by atoms with E-state index in [1.54, 1.807) is 0 Å². The molecular weight excluding hydrogens is 257 g/mol. The van der Waals surface area contributed by atoms with Crippen LogP contribution in [0.4, 0.5) is 5.69 Å². The minimum Gasteiger partial charge on any atom is -0.454 e. The van der Waals surface area contributed by atoms with Gasteiger partial charge in [0.1, 0.15) is 0 Å². The predicted molar refractivity (Wildman–Crippen MR) is 50.2 cm³/mol. The Balaban J connectivity index is 2.50. The lowest BCUT2D eigenvalue weighted by atomic mass is 10.3. The number of nitrogens with one attached hydrogen (secondary N) is 1. The second kappa shape index (κ2) is 2.77. The molecule has 1 aliphatic rings. The van der Waals surface area contributed by atoms with Crippen molar-refractivity contribution in [3.05, 3.63) is 18.2 Å². The van der Waals surface area contributed by atoms with Crippen LogP contribution < -0.4 is 13.0 Å². The summed E-state index contributed by atoms with van der Waals surface area (Å²) < 4.78 is 13.4. The third kappa shape index (κ3) is 1.11. The summed E-state index contributed by atoms with van der Waals surface area (Å²) >= 11 is 2.06. The van der Waals surface area contributed by atoms with E-state index in [9.17, 15) is 0 Å². The molecular formula is C7H6INO2. The summed E-state index contributed by atoms with van der Waals surface area (Å²) in [6, 6.07) is 5.76. The minimum absolute atomic E-state index is 0.324. The molecule has 0 spiro atoms. The fourth-order valence-corrected chi connectivity index (χ4v) is 1.43. The molecule has 1 aromatic rings. The van der Waals surface area contributed by atoms with Crippen LogP contribution in [-0.2, 0) is 0 Å². The van der Waals surface area contributed by atoms with Crippen molar-refractivity contribution in [3.63, 3.8) is 0 Å². The van der Waals surface area contributed by atoms with Crippen LogP contribution in [-0.4, -0.2) is 6.79 Å². The molecule has 11 heavy (non-hydrogen) atoms. The SMILES string of the molecule is INc1cccc2c1OCO2. The van der Waals surface area contributed by atoms with E-state index < -0.39 is 0 Å². The van der Waals surface area contributed by atoms with Gasteiger partial charge < -0.3 is 13.0 Å². The second-order valence-corrected chi connectivity index (χ2v) is 2.67. The molecule has 0 amide bonds. The normalized spacial score (nSPS) is 13.2. The molecule has 0 bridgehead atoms. The summed E-state index contributed by atoms with van der Waals surface area (Å²) in [5.41, 5.74) is 0.959. The highest BCUT2D eigenvalue weighted by Gasteiger charge is 2.15. The first-order valence-corrected chi connectivity index (χ1v) is 4.25. The Morgan fingerprint density at radius 3 is 3.09 bits per heavy atom. The topological polar surface area (TPSA) is 30.5 Å². The first-order valence-electron chi connectivity index (χ1n) is 3.17. The molecule has 4 heteroatoms. The number of hydrogen-bond acceptors (Lipinski definition) is 3. The van der Waals surface area contributed by atoms with Crippen LogP contribution in [0.5, 0.6) is 11.5 Å². The van der Waals surface area contributed by atoms with Crippen LogP contribution in [0.2, 0.25) is 0 Å². The Morgan fingerprint density at radius 1 is 1.36 bits per heavy atom. The van der Waals surface area contributed by atoms with Crippen LogP contribution in [0.25, 0.3) is 0 Å². The smallest absolute Gasteiger partial charge is 0.231 e. The van der Waals surface area contributed by atoms with E-state index in [4.69, 9.17) is 9.47 Å². The molecule has 1 aliphatic heterocycles. The Labute approximate surface area is 78.2 Å². The maximum atomic E-state index is 5.23. The van der Waals surface area contributed by atoms with Crippen LogP contribution in [0.15, 0.2) is 18.2 Å². The van der Waals surface area contributed by atoms with Crippen molar-refractivity contribution >= 4 is 28.6 Å². The molecule has 2 rings (SSSR count). The zero-order valence-corrected chi connectivity index (χ0v) is 7.79. The zero-order chi connectivity index (χ0) is 7.68. The van der Waals surface area contributed by atoms with Crippen molar-refractivity contribution in [1.29, 1.82) is 0 Å². The van der Waals surface area contributed by atoms with Gasteiger partial charge in [-0.1, -0.05) is 6.07 Å². The summed E-state index contributed by atoms with van der Waals surface area (Å²) in [6.07, 6.45) is 0. The van der Waals surface area contributed by atoms with Crippen molar-refractivity contribution in [1.82, 2.24) is 0 Å². The average molecular weight is 263 g/mol. The molecule has 0 radical (unpaired) electrons. The molecule has 58 valence electrons. The fourth-order valence-electron chi connectivity index (χ4n) is 1.00. The highest BCUT2D eigenvalue weighted by atomic mass is 127. The Kier molecular flexibility index (Phi) is 1.77. The van der Waals surface area contributed by atoms with Crippen LogP contribution in [0, 0.1) is 0 Å². The summed E-state index contributed by atoms with van der Waals surface area (Å²) in [7, 11) is 0. The van der Waals surface area contributed by atoms with E-state index in [0.717, 1.165) is 17.2 Å². The number of rotatable bonds is 1. The lowest BCUT2D eigenvalue weighted by Gasteiger charge is -2.01. The molecule has 0 atom stereocenters. The zero-order valence-electron chi connectivity index (χ0n) is 5.63. The number of ether oxygens (including phenoxy) is 2. The molecule has 0 saturated heterocycles. The molecule has 1 N–H and O–H groups in total. The van der Waals surface area contributed by atoms with Crippen molar-refractivity contribution in [3.8, 4) is 11.5 Å². The standard InChI is InChI=1S/C7H6INO2/c8-9-5-2-1-3-6-7(5)11-4-10-6/h1-3,9H,4H2. The molecule has 1 aromatic carbocycles. The quantitative estimate of drug-likeness (QED) is 0.622. The fraction of sp³-hybridized carbons (Fsp3) is 0.143. The van der Waals surface area contributed by atoms with Crippen molar-refractivity contribution in [2.75, 3.05) is 10.3 Å². The van der Waals surface area contributed by atoms with Gasteiger partial charge in [0, 0.05) is 0 Å². The van der Waals surface area contributed by atoms with Gasteiger partial charge in [-0.3, -0.25) is 0 Å². The molecule has 0 fully saturated rings. The van der Waals surface area contributed by atoms with Crippen molar-refractivity contribution < 1.29 is 9.47 Å². The molecule has 0 aromatic heterocycles. The van der Waals surface area contributed by atoms with E-state index in [2.05, 4.69) is 26.4 Å². The lowest BCUT2D eigenvalue weighted by Crippen LogP contribution is -1.93. The van der Waals surface area contributed by atoms with E-state index in [-0.39, 0.29) is 0 Å². The molecule has 3 nitrogen and oxygen atoms in total. The second-order valence-electron chi connectivity index (χ2n) is 2.13. The average Bonchev–Trinajstić information content (AvgIpc) is 2.50. The number of benzene rings is 1. The van der Waals surface area contributed by atoms with Gasteiger partial charge in [-0.15, -0.1) is 0 Å². The summed E-state index contributed by atoms with van der Waals surface area (Å²) in [4.78, 5) is 0. The largest absolute Gasteiger partial charge is 0.454 e. The highest BCUT2D eigenvalue weighted by molar-refractivity contribution is 14.1. The van der Waals surface area contributed by atoms with Gasteiger partial charge in [-0.25, -0.2) is 0 Å². The first kappa shape index (κ1) is 7.02. The number of para-hydroxylation sites is 1. The van der Waals surface area contributed by atoms with E-state index in [1.807, 2.05) is 18.2 Å². The van der Waals surface area contributed by atoms with Gasteiger partial charge in [0.2, 0.25) is 6.79 Å². The van der Waals surface area contributed by atoms with Gasteiger partial charge in [0.15, 0.2) is 11.5 Å². The van der Waals surface area contributed by atoms with Gasteiger partial charge >= 0.3 is 0 Å². The number of halogens is 1. The van der Waals surface area contributed by atoms with Crippen LogP contribution in [0.3, 0.4) is 0 Å².